The van der Waals surface area contributed by atoms with Crippen LogP contribution in [0.1, 0.15) is 12.0 Å². The highest BCUT2D eigenvalue weighted by molar-refractivity contribution is 7.88. The van der Waals surface area contributed by atoms with Crippen molar-refractivity contribution in [2.75, 3.05) is 6.61 Å². The van der Waals surface area contributed by atoms with E-state index in [4.69, 9.17) is 16.7 Å². The first-order valence-corrected chi connectivity index (χ1v) is 8.16. The van der Waals surface area contributed by atoms with Gasteiger partial charge in [0.25, 0.3) is 0 Å². The van der Waals surface area contributed by atoms with Crippen LogP contribution in [0.5, 0.6) is 0 Å². The number of rotatable bonds is 5. The average Bonchev–Trinajstić information content (AvgIpc) is 2.80. The maximum atomic E-state index is 13.5. The molecule has 0 amide bonds. The Labute approximate surface area is 122 Å². The third-order valence-corrected chi connectivity index (χ3v) is 4.68. The minimum atomic E-state index is -3.67. The molecule has 1 aliphatic carbocycles. The molecule has 7 heteroatoms. The van der Waals surface area contributed by atoms with Crippen LogP contribution in [0, 0.1) is 11.7 Å². The van der Waals surface area contributed by atoms with Crippen LogP contribution >= 0.6 is 11.6 Å². The highest BCUT2D eigenvalue weighted by Crippen LogP contribution is 2.20. The number of halogens is 2. The molecule has 2 atom stereocenters. The molecule has 0 heterocycles. The highest BCUT2D eigenvalue weighted by Gasteiger charge is 2.23. The molecule has 1 aromatic carbocycles. The summed E-state index contributed by atoms with van der Waals surface area (Å²) >= 11 is 5.73. The number of hydrogen-bond acceptors (Lipinski definition) is 3. The van der Waals surface area contributed by atoms with Crippen molar-refractivity contribution in [3.63, 3.8) is 0 Å². The first-order chi connectivity index (χ1) is 9.39. The standard InChI is InChI=1S/C13H15ClFNO3S/c14-11-2-4-13(15)10(6-11)8-20(18,19)16-12-3-1-9(5-12)7-17/h1-4,6,9,12,16-17H,5,7-8H2/t9-,12+/m0/s1. The van der Waals surface area contributed by atoms with Crippen LogP contribution in [0.3, 0.4) is 0 Å². The molecule has 2 rings (SSSR count). The van der Waals surface area contributed by atoms with Crippen molar-refractivity contribution in [2.45, 2.75) is 18.2 Å². The molecule has 20 heavy (non-hydrogen) atoms. The lowest BCUT2D eigenvalue weighted by atomic mass is 10.1. The summed E-state index contributed by atoms with van der Waals surface area (Å²) < 4.78 is 40.0. The van der Waals surface area contributed by atoms with Crippen molar-refractivity contribution in [2.24, 2.45) is 5.92 Å². The monoisotopic (exact) mass is 319 g/mol. The molecule has 0 spiro atoms. The van der Waals surface area contributed by atoms with Gasteiger partial charge in [0.05, 0.1) is 5.75 Å². The second kappa shape index (κ2) is 6.22. The lowest BCUT2D eigenvalue weighted by Crippen LogP contribution is -2.34. The van der Waals surface area contributed by atoms with Gasteiger partial charge in [0.15, 0.2) is 0 Å². The van der Waals surface area contributed by atoms with Crippen molar-refractivity contribution in [3.8, 4) is 0 Å². The predicted octanol–water partition coefficient (Wildman–Crippen LogP) is 1.84. The van der Waals surface area contributed by atoms with Gasteiger partial charge in [0.1, 0.15) is 5.82 Å². The zero-order valence-electron chi connectivity index (χ0n) is 10.6. The Morgan fingerprint density at radius 2 is 2.15 bits per heavy atom. The van der Waals surface area contributed by atoms with Gasteiger partial charge < -0.3 is 5.11 Å². The Kier molecular flexibility index (Phi) is 4.80. The van der Waals surface area contributed by atoms with Gasteiger partial charge in [0.2, 0.25) is 10.0 Å². The van der Waals surface area contributed by atoms with E-state index >= 15 is 0 Å². The van der Waals surface area contributed by atoms with Crippen LogP contribution < -0.4 is 4.72 Å². The first kappa shape index (κ1) is 15.4. The van der Waals surface area contributed by atoms with E-state index in [2.05, 4.69) is 4.72 Å². The molecule has 110 valence electrons. The molecule has 0 unspecified atom stereocenters. The SMILES string of the molecule is O=S(=O)(Cc1cc(Cl)ccc1F)N[C@@H]1C=C[C@H](CO)C1. The van der Waals surface area contributed by atoms with Gasteiger partial charge in [-0.2, -0.15) is 0 Å². The van der Waals surface area contributed by atoms with Gasteiger partial charge in [-0.3, -0.25) is 0 Å². The van der Waals surface area contributed by atoms with E-state index in [-0.39, 0.29) is 29.2 Å². The Morgan fingerprint density at radius 3 is 2.80 bits per heavy atom. The zero-order chi connectivity index (χ0) is 14.8. The van der Waals surface area contributed by atoms with Crippen molar-refractivity contribution in [1.82, 2.24) is 4.72 Å². The second-order valence-corrected chi connectivity index (χ2v) is 6.97. The van der Waals surface area contributed by atoms with E-state index in [0.29, 0.717) is 6.42 Å². The minimum absolute atomic E-state index is 0.0162. The number of sulfonamides is 1. The Hall–Kier alpha value is -0.950. The van der Waals surface area contributed by atoms with Gasteiger partial charge in [-0.15, -0.1) is 0 Å². The lowest BCUT2D eigenvalue weighted by molar-refractivity contribution is 0.248. The van der Waals surface area contributed by atoms with Gasteiger partial charge >= 0.3 is 0 Å². The molecule has 0 radical (unpaired) electrons. The fraction of sp³-hybridized carbons (Fsp3) is 0.385. The van der Waals surface area contributed by atoms with Crippen molar-refractivity contribution >= 4 is 21.6 Å². The number of benzene rings is 1. The van der Waals surface area contributed by atoms with Gasteiger partial charge in [0, 0.05) is 29.2 Å². The molecular formula is C13H15ClFNO3S. The molecule has 4 nitrogen and oxygen atoms in total. The fourth-order valence-electron chi connectivity index (χ4n) is 2.13. The summed E-state index contributed by atoms with van der Waals surface area (Å²) in [4.78, 5) is 0. The summed E-state index contributed by atoms with van der Waals surface area (Å²) in [5.74, 6) is -1.10. The Morgan fingerprint density at radius 1 is 1.40 bits per heavy atom. The van der Waals surface area contributed by atoms with Crippen LogP contribution in [0.25, 0.3) is 0 Å². The van der Waals surface area contributed by atoms with E-state index in [1.807, 2.05) is 0 Å². The summed E-state index contributed by atoms with van der Waals surface area (Å²) in [6, 6.07) is 3.45. The van der Waals surface area contributed by atoms with Crippen molar-refractivity contribution in [1.29, 1.82) is 0 Å². The predicted molar refractivity (Wildman–Crippen MR) is 75.3 cm³/mol. The van der Waals surface area contributed by atoms with Crippen LogP contribution in [0.15, 0.2) is 30.4 Å². The molecule has 2 N–H and O–H groups in total. The normalized spacial score (nSPS) is 22.4. The Bertz CT molecular complexity index is 618. The molecule has 0 aliphatic heterocycles. The van der Waals surface area contributed by atoms with E-state index in [1.54, 1.807) is 12.2 Å². The fourth-order valence-corrected chi connectivity index (χ4v) is 3.67. The van der Waals surface area contributed by atoms with E-state index < -0.39 is 21.6 Å². The number of nitrogens with one attached hydrogen (secondary N) is 1. The third kappa shape index (κ3) is 4.02. The van der Waals surface area contributed by atoms with Crippen molar-refractivity contribution < 1.29 is 17.9 Å². The summed E-state index contributed by atoms with van der Waals surface area (Å²) in [6.45, 7) is -0.0162. The molecule has 1 aromatic rings. The maximum Gasteiger partial charge on any atom is 0.216 e. The van der Waals surface area contributed by atoms with Crippen LogP contribution in [0.2, 0.25) is 5.02 Å². The van der Waals surface area contributed by atoms with E-state index in [0.717, 1.165) is 6.07 Å². The molecule has 1 aliphatic rings. The first-order valence-electron chi connectivity index (χ1n) is 6.13. The minimum Gasteiger partial charge on any atom is -0.396 e. The largest absolute Gasteiger partial charge is 0.396 e. The molecule has 0 saturated heterocycles. The maximum absolute atomic E-state index is 13.5. The summed E-state index contributed by atoms with van der Waals surface area (Å²) in [5.41, 5.74) is 0.0330. The van der Waals surface area contributed by atoms with E-state index in [1.165, 1.54) is 12.1 Å². The smallest absolute Gasteiger partial charge is 0.216 e. The lowest BCUT2D eigenvalue weighted by Gasteiger charge is -2.13. The van der Waals surface area contributed by atoms with Gasteiger partial charge in [-0.1, -0.05) is 23.8 Å². The average molecular weight is 320 g/mol. The van der Waals surface area contributed by atoms with Crippen molar-refractivity contribution in [3.05, 3.63) is 46.8 Å². The van der Waals surface area contributed by atoms with Gasteiger partial charge in [-0.25, -0.2) is 17.5 Å². The second-order valence-electron chi connectivity index (χ2n) is 4.78. The van der Waals surface area contributed by atoms with Gasteiger partial charge in [-0.05, 0) is 24.6 Å². The molecule has 0 saturated carbocycles. The summed E-state index contributed by atoms with van der Waals surface area (Å²) in [6.07, 6.45) is 3.98. The molecule has 0 fully saturated rings. The topological polar surface area (TPSA) is 66.4 Å². The summed E-state index contributed by atoms with van der Waals surface area (Å²) in [5, 5.41) is 9.28. The number of hydrogen-bond donors (Lipinski definition) is 2. The Balaban J connectivity index is 2.05. The third-order valence-electron chi connectivity index (χ3n) is 3.09. The zero-order valence-corrected chi connectivity index (χ0v) is 12.2. The number of aliphatic hydroxyl groups is 1. The van der Waals surface area contributed by atoms with Crippen LogP contribution in [0.4, 0.5) is 4.39 Å². The highest BCUT2D eigenvalue weighted by atomic mass is 35.5. The van der Waals surface area contributed by atoms with E-state index in [9.17, 15) is 12.8 Å². The summed E-state index contributed by atoms with van der Waals surface area (Å²) in [7, 11) is -3.67. The molecule has 0 bridgehead atoms. The van der Waals surface area contributed by atoms with Crippen LogP contribution in [-0.4, -0.2) is 26.2 Å². The van der Waals surface area contributed by atoms with Crippen LogP contribution in [-0.2, 0) is 15.8 Å². The molecule has 0 aromatic heterocycles. The molecular weight excluding hydrogens is 305 g/mol. The quantitative estimate of drug-likeness (QED) is 0.814. The number of aliphatic hydroxyl groups excluding tert-OH is 1.